The van der Waals surface area contributed by atoms with E-state index in [1.165, 1.54) is 31.4 Å². The molecule has 0 heterocycles. The molecule has 103 valence electrons. The molecule has 7 nitrogen and oxygen atoms in total. The predicted molar refractivity (Wildman–Crippen MR) is 65.7 cm³/mol. The van der Waals surface area contributed by atoms with Crippen LogP contribution in [0.5, 0.6) is 11.5 Å². The van der Waals surface area contributed by atoms with Crippen LogP contribution in [0.15, 0.2) is 24.3 Å². The summed E-state index contributed by atoms with van der Waals surface area (Å²) in [7, 11) is -0.391. The van der Waals surface area contributed by atoms with E-state index in [0.29, 0.717) is 5.56 Å². The van der Waals surface area contributed by atoms with Gasteiger partial charge in [0.1, 0.15) is 7.11 Å². The number of carbonyl (C=O) groups excluding carboxylic acids is 1. The number of ether oxygens (including phenoxy) is 2. The molecule has 1 radical (unpaired) electrons. The highest BCUT2D eigenvalue weighted by molar-refractivity contribution is 7.81. The molecule has 1 aromatic rings. The fraction of sp³-hybridized carbons (Fsp3) is 0.0909. The van der Waals surface area contributed by atoms with E-state index < -0.39 is 16.4 Å². The first-order valence-electron chi connectivity index (χ1n) is 4.84. The summed E-state index contributed by atoms with van der Waals surface area (Å²) in [6, 6.07) is 4.13. The van der Waals surface area contributed by atoms with Gasteiger partial charge in [0.2, 0.25) is 0 Å². The van der Waals surface area contributed by atoms with Crippen LogP contribution in [-0.4, -0.2) is 26.0 Å². The first-order valence-corrected chi connectivity index (χ1v) is 6.21. The van der Waals surface area contributed by atoms with Crippen LogP contribution in [0.4, 0.5) is 0 Å². The Hall–Kier alpha value is -2.06. The number of carbonyl (C=O) groups is 1. The van der Waals surface area contributed by atoms with Gasteiger partial charge in [-0.25, -0.2) is 4.79 Å². The van der Waals surface area contributed by atoms with Gasteiger partial charge in [0.15, 0.2) is 11.5 Å². The average Bonchev–Trinajstić information content (AvgIpc) is 2.35. The van der Waals surface area contributed by atoms with Crippen molar-refractivity contribution in [3.05, 3.63) is 36.9 Å². The lowest BCUT2D eigenvalue weighted by Crippen LogP contribution is -2.07. The van der Waals surface area contributed by atoms with Crippen LogP contribution in [0.3, 0.4) is 0 Å². The maximum atomic E-state index is 10.9. The molecule has 0 aromatic heterocycles. The number of hydrogen-bond acceptors (Lipinski definition) is 6. The number of benzene rings is 1. The number of methoxy groups -OCH3 is 1. The van der Waals surface area contributed by atoms with Gasteiger partial charge in [0, 0.05) is 6.08 Å². The second-order valence-electron chi connectivity index (χ2n) is 3.22. The Morgan fingerprint density at radius 1 is 1.37 bits per heavy atom. The Balaban J connectivity index is 3.02. The van der Waals surface area contributed by atoms with Crippen molar-refractivity contribution in [2.75, 3.05) is 7.11 Å². The molecule has 0 aliphatic rings. The lowest BCUT2D eigenvalue weighted by atomic mass is 10.2. The minimum atomic E-state index is -4.63. The van der Waals surface area contributed by atoms with Crippen LogP contribution < -0.4 is 8.92 Å². The average molecular weight is 287 g/mol. The molecule has 8 heteroatoms. The lowest BCUT2D eigenvalue weighted by Gasteiger charge is -2.08. The minimum absolute atomic E-state index is 0.0720. The Bertz CT molecular complexity index is 589. The highest BCUT2D eigenvalue weighted by Crippen LogP contribution is 2.29. The molecule has 0 amide bonds. The number of esters is 1. The molecule has 0 saturated carbocycles. The third kappa shape index (κ3) is 4.98. The summed E-state index contributed by atoms with van der Waals surface area (Å²) >= 11 is 0. The van der Waals surface area contributed by atoms with Crippen molar-refractivity contribution in [1.29, 1.82) is 0 Å². The maximum absolute atomic E-state index is 10.9. The van der Waals surface area contributed by atoms with Crippen molar-refractivity contribution in [3.8, 4) is 11.5 Å². The Labute approximate surface area is 110 Å². The van der Waals surface area contributed by atoms with E-state index in [2.05, 4.69) is 16.0 Å². The van der Waals surface area contributed by atoms with Crippen LogP contribution in [-0.2, 0) is 19.9 Å². The summed E-state index contributed by atoms with van der Waals surface area (Å²) in [5, 5.41) is 0. The molecule has 1 N–H and O–H groups in total. The quantitative estimate of drug-likeness (QED) is 0.494. The van der Waals surface area contributed by atoms with E-state index >= 15 is 0 Å². The summed E-state index contributed by atoms with van der Waals surface area (Å²) < 4.78 is 43.2. The fourth-order valence-electron chi connectivity index (χ4n) is 1.18. The van der Waals surface area contributed by atoms with E-state index in [-0.39, 0.29) is 11.5 Å². The summed E-state index contributed by atoms with van der Waals surface area (Å²) in [5.74, 6) is -0.748. The van der Waals surface area contributed by atoms with Gasteiger partial charge >= 0.3 is 16.4 Å². The van der Waals surface area contributed by atoms with Gasteiger partial charge in [0.05, 0.1) is 7.11 Å². The fourth-order valence-corrected chi connectivity index (χ4v) is 1.55. The largest absolute Gasteiger partial charge is 0.493 e. The molecule has 0 aliphatic heterocycles. The molecule has 0 unspecified atom stereocenters. The molecule has 0 fully saturated rings. The van der Waals surface area contributed by atoms with Crippen LogP contribution >= 0.6 is 0 Å². The molecule has 0 atom stereocenters. The van der Waals surface area contributed by atoms with Crippen LogP contribution in [0.1, 0.15) is 5.56 Å². The molecule has 19 heavy (non-hydrogen) atoms. The molecular formula is C11H11O7S. The third-order valence-corrected chi connectivity index (χ3v) is 2.33. The zero-order chi connectivity index (χ0) is 14.5. The van der Waals surface area contributed by atoms with Gasteiger partial charge in [-0.1, -0.05) is 6.07 Å². The van der Waals surface area contributed by atoms with Gasteiger partial charge in [0.25, 0.3) is 0 Å². The number of rotatable bonds is 5. The first-order chi connectivity index (χ1) is 8.85. The Kier molecular flexibility index (Phi) is 4.90. The molecule has 0 bridgehead atoms. The predicted octanol–water partition coefficient (Wildman–Crippen LogP) is 1.22. The van der Waals surface area contributed by atoms with E-state index in [4.69, 9.17) is 9.29 Å². The van der Waals surface area contributed by atoms with Crippen LogP contribution in [0.2, 0.25) is 0 Å². The van der Waals surface area contributed by atoms with E-state index in [9.17, 15) is 13.2 Å². The van der Waals surface area contributed by atoms with Gasteiger partial charge in [-0.15, -0.1) is 0 Å². The van der Waals surface area contributed by atoms with Crippen LogP contribution in [0, 0.1) is 7.11 Å². The standard InChI is InChI=1S/C11H11O7S/c1-16-10-7-8(4-6-11(12)17-2)3-5-9(10)18-19(13,14)15/h3-7H,2H2,1H3,(H,13,14,15)/b6-4+. The zero-order valence-corrected chi connectivity index (χ0v) is 10.7. The smallest absolute Gasteiger partial charge is 0.446 e. The van der Waals surface area contributed by atoms with Gasteiger partial charge in [-0.05, 0) is 23.8 Å². The minimum Gasteiger partial charge on any atom is -0.493 e. The van der Waals surface area contributed by atoms with Gasteiger partial charge < -0.3 is 13.7 Å². The van der Waals surface area contributed by atoms with E-state index in [1.54, 1.807) is 0 Å². The molecule has 0 aliphatic carbocycles. The Morgan fingerprint density at radius 2 is 2.05 bits per heavy atom. The topological polar surface area (TPSA) is 99.1 Å². The monoisotopic (exact) mass is 287 g/mol. The second kappa shape index (κ2) is 6.21. The normalized spacial score (nSPS) is 11.3. The summed E-state index contributed by atoms with van der Waals surface area (Å²) in [5.41, 5.74) is 0.532. The zero-order valence-electron chi connectivity index (χ0n) is 9.90. The van der Waals surface area contributed by atoms with Gasteiger partial charge in [-0.3, -0.25) is 4.55 Å². The maximum Gasteiger partial charge on any atom is 0.446 e. The van der Waals surface area contributed by atoms with E-state index in [1.807, 2.05) is 0 Å². The summed E-state index contributed by atoms with van der Waals surface area (Å²) in [6.07, 6.45) is 2.54. The molecule has 1 aromatic carbocycles. The Morgan fingerprint density at radius 3 is 2.58 bits per heavy atom. The SMILES string of the molecule is [CH2]OC(=O)/C=C/c1ccc(OS(=O)(=O)O)c(OC)c1. The highest BCUT2D eigenvalue weighted by atomic mass is 32.3. The van der Waals surface area contributed by atoms with Crippen molar-refractivity contribution in [1.82, 2.24) is 0 Å². The molecule has 1 rings (SSSR count). The van der Waals surface area contributed by atoms with E-state index in [0.717, 1.165) is 6.08 Å². The second-order valence-corrected chi connectivity index (χ2v) is 4.24. The molecule has 0 saturated heterocycles. The van der Waals surface area contributed by atoms with Crippen molar-refractivity contribution in [2.24, 2.45) is 0 Å². The van der Waals surface area contributed by atoms with Crippen LogP contribution in [0.25, 0.3) is 6.08 Å². The third-order valence-electron chi connectivity index (χ3n) is 1.94. The van der Waals surface area contributed by atoms with Crippen molar-refractivity contribution < 1.29 is 31.4 Å². The van der Waals surface area contributed by atoms with Crippen molar-refractivity contribution >= 4 is 22.4 Å². The lowest BCUT2D eigenvalue weighted by molar-refractivity contribution is -0.132. The first kappa shape index (κ1) is 15.0. The molecule has 0 spiro atoms. The highest BCUT2D eigenvalue weighted by Gasteiger charge is 2.12. The van der Waals surface area contributed by atoms with Gasteiger partial charge in [-0.2, -0.15) is 8.42 Å². The summed E-state index contributed by atoms with van der Waals surface area (Å²) in [4.78, 5) is 10.9. The summed E-state index contributed by atoms with van der Waals surface area (Å²) in [6.45, 7) is 0. The molecular weight excluding hydrogens is 276 g/mol. The van der Waals surface area contributed by atoms with Crippen molar-refractivity contribution in [2.45, 2.75) is 0 Å². The van der Waals surface area contributed by atoms with Crippen molar-refractivity contribution in [3.63, 3.8) is 0 Å². The number of hydrogen-bond donors (Lipinski definition) is 1.